The first-order chi connectivity index (χ1) is 10.2. The van der Waals surface area contributed by atoms with Crippen LogP contribution in [-0.2, 0) is 19.0 Å². The predicted octanol–water partition coefficient (Wildman–Crippen LogP) is 3.22. The Morgan fingerprint density at radius 2 is 1.86 bits per heavy atom. The molecule has 8 heteroatoms. The smallest absolute Gasteiger partial charge is 0.303 e. The van der Waals surface area contributed by atoms with Crippen molar-refractivity contribution in [2.24, 2.45) is 5.92 Å². The molecule has 0 amide bonds. The van der Waals surface area contributed by atoms with Gasteiger partial charge in [-0.05, 0) is 6.42 Å². The number of methoxy groups -OCH3 is 2. The standard InChI is InChI=1S/C14H14Cl4O4/c1-8(19)22-6-4-5-9-7-12(17)10(15)11(16)13(9,18)14(12,20-2)21-3/h9H,6-7H2,1-3H3. The summed E-state index contributed by atoms with van der Waals surface area (Å²) in [5, 5.41) is 0.361. The number of hydrogen-bond acceptors (Lipinski definition) is 4. The second-order valence-electron chi connectivity index (χ2n) is 5.02. The highest BCUT2D eigenvalue weighted by atomic mass is 35.5. The molecule has 4 nitrogen and oxygen atoms in total. The maximum absolute atomic E-state index is 10.7. The highest BCUT2D eigenvalue weighted by molar-refractivity contribution is 6.52. The van der Waals surface area contributed by atoms with Crippen molar-refractivity contribution in [1.82, 2.24) is 0 Å². The molecule has 122 valence electrons. The lowest BCUT2D eigenvalue weighted by atomic mass is 9.92. The van der Waals surface area contributed by atoms with Crippen LogP contribution in [-0.4, -0.2) is 42.3 Å². The average molecular weight is 388 g/mol. The third-order valence-corrected chi connectivity index (χ3v) is 6.61. The third kappa shape index (κ3) is 2.11. The molecule has 0 spiro atoms. The summed E-state index contributed by atoms with van der Waals surface area (Å²) in [4.78, 5) is 8.19. The molecule has 0 saturated heterocycles. The molecule has 0 aliphatic heterocycles. The van der Waals surface area contributed by atoms with E-state index in [0.29, 0.717) is 6.42 Å². The maximum atomic E-state index is 10.7. The first kappa shape index (κ1) is 18.2. The fraction of sp³-hybridized carbons (Fsp3) is 0.643. The highest BCUT2D eigenvalue weighted by Gasteiger charge is 2.80. The topological polar surface area (TPSA) is 44.8 Å². The third-order valence-electron chi connectivity index (χ3n) is 4.03. The minimum absolute atomic E-state index is 0.0455. The lowest BCUT2D eigenvalue weighted by molar-refractivity contribution is -0.217. The molecule has 0 heterocycles. The maximum Gasteiger partial charge on any atom is 0.303 e. The molecule has 1 fully saturated rings. The molecule has 2 rings (SSSR count). The van der Waals surface area contributed by atoms with Crippen LogP contribution in [0, 0.1) is 17.8 Å². The van der Waals surface area contributed by atoms with Gasteiger partial charge in [0.25, 0.3) is 0 Å². The highest BCUT2D eigenvalue weighted by Crippen LogP contribution is 2.71. The number of rotatable bonds is 3. The summed E-state index contributed by atoms with van der Waals surface area (Å²) in [5.74, 6) is 3.34. The van der Waals surface area contributed by atoms with Gasteiger partial charge in [-0.1, -0.05) is 35.0 Å². The summed E-state index contributed by atoms with van der Waals surface area (Å²) >= 11 is 26.0. The molecule has 2 bridgehead atoms. The van der Waals surface area contributed by atoms with Crippen LogP contribution in [0.1, 0.15) is 13.3 Å². The van der Waals surface area contributed by atoms with E-state index in [2.05, 4.69) is 11.8 Å². The number of carbonyl (C=O) groups excluding carboxylic acids is 1. The molecule has 0 radical (unpaired) electrons. The zero-order valence-electron chi connectivity index (χ0n) is 12.1. The molecule has 1 saturated carbocycles. The second-order valence-corrected chi connectivity index (χ2v) is 7.02. The van der Waals surface area contributed by atoms with Crippen LogP contribution >= 0.6 is 46.4 Å². The molecule has 0 aromatic heterocycles. The average Bonchev–Trinajstić information content (AvgIpc) is 2.74. The van der Waals surface area contributed by atoms with E-state index in [0.717, 1.165) is 0 Å². The van der Waals surface area contributed by atoms with Crippen LogP contribution < -0.4 is 0 Å². The van der Waals surface area contributed by atoms with Gasteiger partial charge in [-0.15, -0.1) is 23.2 Å². The zero-order chi connectivity index (χ0) is 16.8. The van der Waals surface area contributed by atoms with Crippen molar-refractivity contribution in [3.05, 3.63) is 10.1 Å². The molecule has 0 aromatic rings. The van der Waals surface area contributed by atoms with Crippen molar-refractivity contribution in [3.63, 3.8) is 0 Å². The molecule has 3 unspecified atom stereocenters. The molecular weight excluding hydrogens is 374 g/mol. The van der Waals surface area contributed by atoms with Crippen molar-refractivity contribution in [1.29, 1.82) is 0 Å². The number of esters is 1. The van der Waals surface area contributed by atoms with Crippen LogP contribution in [0.25, 0.3) is 0 Å². The fourth-order valence-corrected chi connectivity index (χ4v) is 5.10. The molecule has 3 atom stereocenters. The number of ether oxygens (including phenoxy) is 3. The second kappa shape index (κ2) is 6.05. The Bertz CT molecular complexity index is 589. The summed E-state index contributed by atoms with van der Waals surface area (Å²) in [6.07, 6.45) is 0.294. The van der Waals surface area contributed by atoms with Crippen LogP contribution in [0.4, 0.5) is 0 Å². The minimum Gasteiger partial charge on any atom is -0.453 e. The van der Waals surface area contributed by atoms with E-state index in [1.807, 2.05) is 0 Å². The first-order valence-corrected chi connectivity index (χ1v) is 7.88. The molecule has 0 aromatic carbocycles. The van der Waals surface area contributed by atoms with Gasteiger partial charge in [0.1, 0.15) is 4.87 Å². The number of alkyl halides is 2. The van der Waals surface area contributed by atoms with Gasteiger partial charge < -0.3 is 14.2 Å². The Morgan fingerprint density at radius 1 is 1.27 bits per heavy atom. The van der Waals surface area contributed by atoms with Gasteiger partial charge in [-0.25, -0.2) is 0 Å². The molecule has 22 heavy (non-hydrogen) atoms. The van der Waals surface area contributed by atoms with E-state index in [-0.39, 0.29) is 16.7 Å². The molecule has 2 aliphatic rings. The lowest BCUT2D eigenvalue weighted by Crippen LogP contribution is -2.56. The van der Waals surface area contributed by atoms with Crippen LogP contribution in [0.2, 0.25) is 0 Å². The predicted molar refractivity (Wildman–Crippen MR) is 85.2 cm³/mol. The largest absolute Gasteiger partial charge is 0.453 e. The number of hydrogen-bond donors (Lipinski definition) is 0. The van der Waals surface area contributed by atoms with Gasteiger partial charge in [0.15, 0.2) is 11.5 Å². The van der Waals surface area contributed by atoms with E-state index in [1.54, 1.807) is 0 Å². The van der Waals surface area contributed by atoms with E-state index < -0.39 is 27.4 Å². The Morgan fingerprint density at radius 3 is 2.32 bits per heavy atom. The summed E-state index contributed by atoms with van der Waals surface area (Å²) in [6.45, 7) is 1.26. The molecule has 2 aliphatic carbocycles. The molecular formula is C14H14Cl4O4. The molecule has 0 N–H and O–H groups in total. The van der Waals surface area contributed by atoms with Crippen molar-refractivity contribution in [3.8, 4) is 11.8 Å². The minimum atomic E-state index is -1.43. The Hall–Kier alpha value is -0.150. The van der Waals surface area contributed by atoms with Gasteiger partial charge in [0, 0.05) is 21.1 Å². The zero-order valence-corrected chi connectivity index (χ0v) is 15.2. The summed E-state index contributed by atoms with van der Waals surface area (Å²) in [5.41, 5.74) is 0. The number of fused-ring (bicyclic) bond motifs is 2. The van der Waals surface area contributed by atoms with Crippen molar-refractivity contribution >= 4 is 52.4 Å². The summed E-state index contributed by atoms with van der Waals surface area (Å²) in [6, 6.07) is 0. The van der Waals surface area contributed by atoms with Crippen molar-refractivity contribution in [2.45, 2.75) is 28.9 Å². The van der Waals surface area contributed by atoms with E-state index in [4.69, 9.17) is 60.6 Å². The fourth-order valence-electron chi connectivity index (χ4n) is 3.10. The SMILES string of the molecule is COC1(OC)C2(Cl)CC(C#CCOC(C)=O)C1(Cl)C(Cl)=C2Cl. The Kier molecular flexibility index (Phi) is 5.00. The Balaban J connectivity index is 2.41. The first-order valence-electron chi connectivity index (χ1n) is 6.37. The lowest BCUT2D eigenvalue weighted by Gasteiger charge is -2.40. The van der Waals surface area contributed by atoms with Gasteiger partial charge in [0.05, 0.1) is 16.0 Å². The van der Waals surface area contributed by atoms with Crippen LogP contribution in [0.3, 0.4) is 0 Å². The van der Waals surface area contributed by atoms with Crippen LogP contribution in [0.5, 0.6) is 0 Å². The van der Waals surface area contributed by atoms with Gasteiger partial charge in [-0.2, -0.15) is 0 Å². The van der Waals surface area contributed by atoms with Crippen molar-refractivity contribution < 1.29 is 19.0 Å². The Labute approximate surface area is 148 Å². The van der Waals surface area contributed by atoms with Gasteiger partial charge >= 0.3 is 5.97 Å². The van der Waals surface area contributed by atoms with Crippen LogP contribution in [0.15, 0.2) is 10.1 Å². The van der Waals surface area contributed by atoms with Gasteiger partial charge in [-0.3, -0.25) is 4.79 Å². The van der Waals surface area contributed by atoms with Gasteiger partial charge in [0.2, 0.25) is 5.79 Å². The summed E-state index contributed by atoms with van der Waals surface area (Å²) in [7, 11) is 2.85. The number of carbonyl (C=O) groups is 1. The van der Waals surface area contributed by atoms with E-state index in [9.17, 15) is 4.79 Å². The van der Waals surface area contributed by atoms with E-state index >= 15 is 0 Å². The monoisotopic (exact) mass is 386 g/mol. The number of halogens is 4. The van der Waals surface area contributed by atoms with Crippen molar-refractivity contribution in [2.75, 3.05) is 20.8 Å². The normalized spacial score (nSPS) is 35.3. The quantitative estimate of drug-likeness (QED) is 0.323. The van der Waals surface area contributed by atoms with E-state index in [1.165, 1.54) is 21.1 Å². The summed E-state index contributed by atoms with van der Waals surface area (Å²) < 4.78 is 15.8.